The first-order valence-electron chi connectivity index (χ1n) is 8.56. The number of ether oxygens (including phenoxy) is 1. The fourth-order valence-electron chi connectivity index (χ4n) is 2.78. The van der Waals surface area contributed by atoms with Crippen LogP contribution in [0.25, 0.3) is 10.8 Å². The van der Waals surface area contributed by atoms with Crippen molar-refractivity contribution in [3.8, 4) is 11.9 Å². The number of rotatable bonds is 6. The summed E-state index contributed by atoms with van der Waals surface area (Å²) in [4.78, 5) is 12.8. The smallest absolute Gasteiger partial charge is 0.253 e. The SMILES string of the molecule is C[C@H](C[N+](C)(C)O)Oc1nc(Nc2cc3cccc(Cl)c3cn2)cnc1C#N. The molecule has 0 aliphatic carbocycles. The van der Waals surface area contributed by atoms with Crippen LogP contribution in [0.1, 0.15) is 12.6 Å². The number of hydroxylamine groups is 3. The van der Waals surface area contributed by atoms with Gasteiger partial charge in [0.2, 0.25) is 5.69 Å². The quantitative estimate of drug-likeness (QED) is 0.482. The standard InChI is InChI=1S/C19H20ClN6O2/c1-12(11-26(2,3)27)28-19-16(8-21)22-10-18(25-19)24-17-7-13-5-4-6-15(20)14(13)9-23-17/h4-7,9-10,12,27H,11H2,1-3H3,(H,23,24,25)/q+1/t12-/m1/s1. The third kappa shape index (κ3) is 4.84. The molecule has 0 spiro atoms. The molecule has 0 saturated carbocycles. The van der Waals surface area contributed by atoms with Crippen LogP contribution in [0.15, 0.2) is 36.7 Å². The molecule has 3 rings (SSSR count). The molecule has 0 bridgehead atoms. The van der Waals surface area contributed by atoms with Gasteiger partial charge in [0.25, 0.3) is 5.88 Å². The van der Waals surface area contributed by atoms with Gasteiger partial charge in [-0.1, -0.05) is 23.7 Å². The molecule has 1 atom stereocenters. The number of anilines is 2. The Labute approximate surface area is 167 Å². The third-order valence-electron chi connectivity index (χ3n) is 3.83. The largest absolute Gasteiger partial charge is 0.466 e. The summed E-state index contributed by atoms with van der Waals surface area (Å²) < 4.78 is 5.46. The van der Waals surface area contributed by atoms with E-state index in [2.05, 4.69) is 20.3 Å². The molecule has 144 valence electrons. The number of nitrogens with zero attached hydrogens (tertiary/aromatic N) is 5. The first kappa shape index (κ1) is 19.8. The fourth-order valence-corrected chi connectivity index (χ4v) is 3.01. The van der Waals surface area contributed by atoms with E-state index in [4.69, 9.17) is 16.3 Å². The van der Waals surface area contributed by atoms with Crippen molar-refractivity contribution < 1.29 is 14.6 Å². The minimum absolute atomic E-state index is 0.0684. The highest BCUT2D eigenvalue weighted by Gasteiger charge is 2.20. The second-order valence-electron chi connectivity index (χ2n) is 6.91. The lowest BCUT2D eigenvalue weighted by molar-refractivity contribution is -1.07. The average molecular weight is 400 g/mol. The first-order valence-corrected chi connectivity index (χ1v) is 8.94. The van der Waals surface area contributed by atoms with E-state index in [0.717, 1.165) is 10.8 Å². The molecule has 2 heterocycles. The van der Waals surface area contributed by atoms with E-state index in [0.29, 0.717) is 23.2 Å². The van der Waals surface area contributed by atoms with Crippen LogP contribution in [0.2, 0.25) is 5.02 Å². The maximum atomic E-state index is 9.87. The third-order valence-corrected chi connectivity index (χ3v) is 4.16. The number of benzene rings is 1. The number of likely N-dealkylation sites (N-methyl/N-ethyl adjacent to an activating group) is 1. The fraction of sp³-hybridized carbons (Fsp3) is 0.263. The molecule has 28 heavy (non-hydrogen) atoms. The summed E-state index contributed by atoms with van der Waals surface area (Å²) >= 11 is 6.17. The topological polar surface area (TPSA) is 104 Å². The second-order valence-corrected chi connectivity index (χ2v) is 7.32. The van der Waals surface area contributed by atoms with Crippen molar-refractivity contribution in [2.24, 2.45) is 0 Å². The summed E-state index contributed by atoms with van der Waals surface area (Å²) in [5, 5.41) is 24.6. The van der Waals surface area contributed by atoms with E-state index < -0.39 is 0 Å². The number of hydrogen-bond acceptors (Lipinski definition) is 7. The summed E-state index contributed by atoms with van der Waals surface area (Å²) in [6, 6.07) is 9.41. The zero-order valence-electron chi connectivity index (χ0n) is 15.7. The monoisotopic (exact) mass is 399 g/mol. The molecule has 0 saturated heterocycles. The molecule has 9 heteroatoms. The summed E-state index contributed by atoms with van der Waals surface area (Å²) in [5.74, 6) is 1.03. The second kappa shape index (κ2) is 7.94. The van der Waals surface area contributed by atoms with Crippen molar-refractivity contribution in [3.63, 3.8) is 0 Å². The summed E-state index contributed by atoms with van der Waals surface area (Å²) in [5.41, 5.74) is 0.0684. The van der Waals surface area contributed by atoms with Crippen LogP contribution in [-0.4, -0.2) is 51.5 Å². The molecular formula is C19H20ClN6O2+. The van der Waals surface area contributed by atoms with E-state index in [-0.39, 0.29) is 22.3 Å². The van der Waals surface area contributed by atoms with Crippen LogP contribution >= 0.6 is 11.6 Å². The van der Waals surface area contributed by atoms with Gasteiger partial charge in [-0.2, -0.15) is 14.9 Å². The number of nitriles is 1. The van der Waals surface area contributed by atoms with Crippen LogP contribution in [0.4, 0.5) is 11.6 Å². The Kier molecular flexibility index (Phi) is 5.61. The molecule has 0 unspecified atom stereocenters. The van der Waals surface area contributed by atoms with E-state index in [1.54, 1.807) is 27.2 Å². The minimum Gasteiger partial charge on any atom is -0.466 e. The van der Waals surface area contributed by atoms with E-state index >= 15 is 0 Å². The molecular weight excluding hydrogens is 380 g/mol. The summed E-state index contributed by atoms with van der Waals surface area (Å²) in [6.07, 6.45) is 2.74. The molecule has 8 nitrogen and oxygen atoms in total. The van der Waals surface area contributed by atoms with E-state index in [1.165, 1.54) is 6.20 Å². The highest BCUT2D eigenvalue weighted by molar-refractivity contribution is 6.35. The summed E-state index contributed by atoms with van der Waals surface area (Å²) in [7, 11) is 3.26. The molecule has 0 aliphatic rings. The van der Waals surface area contributed by atoms with Crippen molar-refractivity contribution >= 4 is 34.0 Å². The van der Waals surface area contributed by atoms with Crippen LogP contribution in [0, 0.1) is 11.3 Å². The molecule has 0 aliphatic heterocycles. The maximum absolute atomic E-state index is 9.87. The number of aromatic nitrogens is 3. The Morgan fingerprint density at radius 3 is 2.79 bits per heavy atom. The lowest BCUT2D eigenvalue weighted by Gasteiger charge is -2.23. The lowest BCUT2D eigenvalue weighted by atomic mass is 10.2. The van der Waals surface area contributed by atoms with Gasteiger partial charge in [-0.3, -0.25) is 0 Å². The van der Waals surface area contributed by atoms with Crippen molar-refractivity contribution in [2.75, 3.05) is 26.0 Å². The Hall–Kier alpha value is -2.99. The predicted octanol–water partition coefficient (Wildman–Crippen LogP) is 3.53. The van der Waals surface area contributed by atoms with Gasteiger partial charge in [0.05, 0.1) is 20.3 Å². The maximum Gasteiger partial charge on any atom is 0.253 e. The van der Waals surface area contributed by atoms with Gasteiger partial charge >= 0.3 is 0 Å². The van der Waals surface area contributed by atoms with Crippen molar-refractivity contribution in [2.45, 2.75) is 13.0 Å². The molecule has 2 aromatic heterocycles. The van der Waals surface area contributed by atoms with Crippen molar-refractivity contribution in [1.29, 1.82) is 5.26 Å². The van der Waals surface area contributed by atoms with Gasteiger partial charge in [-0.15, -0.1) is 0 Å². The van der Waals surface area contributed by atoms with Gasteiger partial charge in [0.1, 0.15) is 24.5 Å². The average Bonchev–Trinajstić information content (AvgIpc) is 2.60. The predicted molar refractivity (Wildman–Crippen MR) is 106 cm³/mol. The Morgan fingerprint density at radius 1 is 1.29 bits per heavy atom. The van der Waals surface area contributed by atoms with Crippen LogP contribution in [0.3, 0.4) is 0 Å². The van der Waals surface area contributed by atoms with E-state index in [1.807, 2.05) is 30.3 Å². The normalized spacial score (nSPS) is 12.4. The van der Waals surface area contributed by atoms with Crippen molar-refractivity contribution in [3.05, 3.63) is 47.4 Å². The van der Waals surface area contributed by atoms with Gasteiger partial charge in [0, 0.05) is 16.6 Å². The zero-order chi connectivity index (χ0) is 20.3. The molecule has 3 aromatic rings. The molecule has 2 N–H and O–H groups in total. The number of quaternary nitrogens is 1. The molecule has 0 amide bonds. The zero-order valence-corrected chi connectivity index (χ0v) is 16.5. The number of nitrogens with one attached hydrogen (secondary N) is 1. The Bertz CT molecular complexity index is 1040. The minimum atomic E-state index is -0.377. The van der Waals surface area contributed by atoms with E-state index in [9.17, 15) is 10.5 Å². The van der Waals surface area contributed by atoms with Crippen LogP contribution in [-0.2, 0) is 0 Å². The number of halogens is 1. The van der Waals surface area contributed by atoms with Crippen LogP contribution in [0.5, 0.6) is 5.88 Å². The van der Waals surface area contributed by atoms with Crippen molar-refractivity contribution in [1.82, 2.24) is 15.0 Å². The van der Waals surface area contributed by atoms with Crippen LogP contribution < -0.4 is 10.1 Å². The number of pyridine rings is 1. The Balaban J connectivity index is 1.84. The summed E-state index contributed by atoms with van der Waals surface area (Å²) in [6.45, 7) is 2.10. The highest BCUT2D eigenvalue weighted by Crippen LogP contribution is 2.26. The highest BCUT2D eigenvalue weighted by atomic mass is 35.5. The molecule has 0 fully saturated rings. The van der Waals surface area contributed by atoms with Gasteiger partial charge in [-0.25, -0.2) is 15.2 Å². The molecule has 0 radical (unpaired) electrons. The lowest BCUT2D eigenvalue weighted by Crippen LogP contribution is -2.43. The number of fused-ring (bicyclic) bond motifs is 1. The van der Waals surface area contributed by atoms with Gasteiger partial charge in [0.15, 0.2) is 5.82 Å². The Morgan fingerprint density at radius 2 is 2.07 bits per heavy atom. The first-order chi connectivity index (χ1) is 13.2. The molecule has 1 aromatic carbocycles. The van der Waals surface area contributed by atoms with Gasteiger partial charge in [-0.05, 0) is 24.4 Å². The number of hydrogen-bond donors (Lipinski definition) is 2. The van der Waals surface area contributed by atoms with Gasteiger partial charge < -0.3 is 10.1 Å².